The molecule has 0 unspecified atom stereocenters. The van der Waals surface area contributed by atoms with Crippen molar-refractivity contribution in [1.29, 1.82) is 0 Å². The van der Waals surface area contributed by atoms with E-state index in [9.17, 15) is 13.2 Å². The van der Waals surface area contributed by atoms with E-state index in [1.54, 1.807) is 32.9 Å². The number of ether oxygens (including phenoxy) is 2. The van der Waals surface area contributed by atoms with Crippen molar-refractivity contribution in [3.63, 3.8) is 0 Å². The molecule has 1 fully saturated rings. The minimum Gasteiger partial charge on any atom is -0.491 e. The zero-order valence-electron chi connectivity index (χ0n) is 13.7. The first-order valence-electron chi connectivity index (χ1n) is 7.71. The molecule has 23 heavy (non-hydrogen) atoms. The number of carbonyl (C=O) groups excluding carboxylic acids is 1. The third-order valence-corrected chi connectivity index (χ3v) is 5.16. The second kappa shape index (κ2) is 7.31. The lowest BCUT2D eigenvalue weighted by Gasteiger charge is -2.14. The van der Waals surface area contributed by atoms with Crippen molar-refractivity contribution in [3.05, 3.63) is 23.8 Å². The van der Waals surface area contributed by atoms with Crippen LogP contribution < -0.4 is 9.46 Å². The molecule has 1 N–H and O–H groups in total. The topological polar surface area (TPSA) is 81.7 Å². The summed E-state index contributed by atoms with van der Waals surface area (Å²) in [6.07, 6.45) is 2.12. The second-order valence-electron chi connectivity index (χ2n) is 6.00. The number of amides is 1. The van der Waals surface area contributed by atoms with Crippen LogP contribution in [0.25, 0.3) is 0 Å². The maximum atomic E-state index is 12.3. The molecule has 1 aromatic carbocycles. The van der Waals surface area contributed by atoms with E-state index in [-0.39, 0.29) is 11.0 Å². The number of hydrogen-bond acceptors (Lipinski definition) is 5. The van der Waals surface area contributed by atoms with E-state index in [0.717, 1.165) is 19.4 Å². The molecule has 1 saturated heterocycles. The highest BCUT2D eigenvalue weighted by molar-refractivity contribution is 7.90. The van der Waals surface area contributed by atoms with E-state index in [1.807, 2.05) is 0 Å². The molecular weight excluding hydrogens is 318 g/mol. The fourth-order valence-electron chi connectivity index (χ4n) is 2.28. The summed E-state index contributed by atoms with van der Waals surface area (Å²) in [6, 6.07) is 4.70. The van der Waals surface area contributed by atoms with Crippen molar-refractivity contribution in [2.24, 2.45) is 5.92 Å². The van der Waals surface area contributed by atoms with Gasteiger partial charge >= 0.3 is 0 Å². The van der Waals surface area contributed by atoms with Gasteiger partial charge in [0.15, 0.2) is 0 Å². The maximum absolute atomic E-state index is 12.3. The normalized spacial score (nSPS) is 18.2. The second-order valence-corrected chi connectivity index (χ2v) is 7.65. The molecule has 2 rings (SSSR count). The average Bonchev–Trinajstić information content (AvgIpc) is 2.97. The van der Waals surface area contributed by atoms with Crippen molar-refractivity contribution in [2.45, 2.75) is 44.6 Å². The summed E-state index contributed by atoms with van der Waals surface area (Å²) in [5, 5.41) is 0. The summed E-state index contributed by atoms with van der Waals surface area (Å²) in [5.41, 5.74) is 0.527. The Morgan fingerprint density at radius 1 is 1.43 bits per heavy atom. The van der Waals surface area contributed by atoms with Crippen LogP contribution in [0, 0.1) is 12.8 Å². The Hall–Kier alpha value is -1.60. The fourth-order valence-corrected chi connectivity index (χ4v) is 3.62. The maximum Gasteiger partial charge on any atom is 0.264 e. The van der Waals surface area contributed by atoms with E-state index in [2.05, 4.69) is 4.72 Å². The third kappa shape index (κ3) is 4.68. The van der Waals surface area contributed by atoms with E-state index in [0.29, 0.717) is 17.9 Å². The van der Waals surface area contributed by atoms with Gasteiger partial charge in [-0.05, 0) is 43.5 Å². The zero-order chi connectivity index (χ0) is 17.0. The molecule has 0 bridgehead atoms. The zero-order valence-corrected chi connectivity index (χ0v) is 14.5. The van der Waals surface area contributed by atoms with Crippen LogP contribution in [0.4, 0.5) is 0 Å². The number of hydrogen-bond donors (Lipinski definition) is 1. The first-order chi connectivity index (χ1) is 10.8. The van der Waals surface area contributed by atoms with Gasteiger partial charge in [0.05, 0.1) is 11.0 Å². The van der Waals surface area contributed by atoms with Gasteiger partial charge in [0, 0.05) is 12.5 Å². The van der Waals surface area contributed by atoms with E-state index in [4.69, 9.17) is 9.47 Å². The summed E-state index contributed by atoms with van der Waals surface area (Å²) < 4.78 is 37.7. The first kappa shape index (κ1) is 17.7. The predicted octanol–water partition coefficient (Wildman–Crippen LogP) is 2.01. The predicted molar refractivity (Wildman–Crippen MR) is 85.8 cm³/mol. The lowest BCUT2D eigenvalue weighted by atomic mass is 10.2. The molecule has 6 nitrogen and oxygen atoms in total. The molecule has 1 heterocycles. The van der Waals surface area contributed by atoms with E-state index >= 15 is 0 Å². The van der Waals surface area contributed by atoms with E-state index in [1.165, 1.54) is 6.07 Å². The Balaban J connectivity index is 2.07. The molecule has 1 aromatic rings. The Kier molecular flexibility index (Phi) is 5.64. The molecular formula is C16H23NO5S. The number of aryl methyl sites for hydroxylation is 1. The summed E-state index contributed by atoms with van der Waals surface area (Å²) in [4.78, 5) is 11.7. The molecule has 7 heteroatoms. The molecule has 1 aliphatic rings. The van der Waals surface area contributed by atoms with Crippen LogP contribution in [0.3, 0.4) is 0 Å². The smallest absolute Gasteiger partial charge is 0.264 e. The molecule has 0 aliphatic carbocycles. The van der Waals surface area contributed by atoms with Crippen LogP contribution in [0.2, 0.25) is 0 Å². The summed E-state index contributed by atoms with van der Waals surface area (Å²) in [7, 11) is -3.86. The molecule has 1 aliphatic heterocycles. The van der Waals surface area contributed by atoms with Crippen molar-refractivity contribution < 1.29 is 22.7 Å². The van der Waals surface area contributed by atoms with Crippen molar-refractivity contribution >= 4 is 15.9 Å². The minimum atomic E-state index is -3.86. The van der Waals surface area contributed by atoms with Crippen molar-refractivity contribution in [1.82, 2.24) is 4.72 Å². The van der Waals surface area contributed by atoms with Gasteiger partial charge in [-0.1, -0.05) is 13.8 Å². The average molecular weight is 341 g/mol. The van der Waals surface area contributed by atoms with Gasteiger partial charge in [-0.25, -0.2) is 13.1 Å². The van der Waals surface area contributed by atoms with Crippen LogP contribution in [0.1, 0.15) is 32.3 Å². The first-order valence-corrected chi connectivity index (χ1v) is 9.19. The van der Waals surface area contributed by atoms with Crippen LogP contribution in [0.5, 0.6) is 5.75 Å². The number of rotatable bonds is 6. The Labute approximate surface area is 137 Å². The lowest BCUT2D eigenvalue weighted by Crippen LogP contribution is -2.34. The molecule has 1 amide bonds. The van der Waals surface area contributed by atoms with Gasteiger partial charge in [0.1, 0.15) is 12.4 Å². The SMILES string of the molecule is Cc1cc(OC[C@H]2CCCO2)ccc1S(=O)(=O)NC(=O)C(C)C. The number of benzene rings is 1. The summed E-state index contributed by atoms with van der Waals surface area (Å²) in [5.74, 6) is -0.339. The highest BCUT2D eigenvalue weighted by Crippen LogP contribution is 2.22. The molecule has 0 saturated carbocycles. The highest BCUT2D eigenvalue weighted by Gasteiger charge is 2.22. The fraction of sp³-hybridized carbons (Fsp3) is 0.562. The Morgan fingerprint density at radius 2 is 2.17 bits per heavy atom. The minimum absolute atomic E-state index is 0.0796. The quantitative estimate of drug-likeness (QED) is 0.856. The lowest BCUT2D eigenvalue weighted by molar-refractivity contribution is -0.122. The Morgan fingerprint density at radius 3 is 2.74 bits per heavy atom. The highest BCUT2D eigenvalue weighted by atomic mass is 32.2. The van der Waals surface area contributed by atoms with Crippen molar-refractivity contribution in [2.75, 3.05) is 13.2 Å². The summed E-state index contributed by atoms with van der Waals surface area (Å²) in [6.45, 7) is 6.17. The Bertz CT molecular complexity index is 663. The van der Waals surface area contributed by atoms with Gasteiger partial charge < -0.3 is 9.47 Å². The number of sulfonamides is 1. The monoisotopic (exact) mass is 341 g/mol. The van der Waals surface area contributed by atoms with Gasteiger partial charge in [-0.3, -0.25) is 4.79 Å². The molecule has 0 aromatic heterocycles. The molecule has 1 atom stereocenters. The van der Waals surface area contributed by atoms with Crippen LogP contribution in [0.15, 0.2) is 23.1 Å². The standard InChI is InChI=1S/C16H23NO5S/c1-11(2)16(18)17-23(19,20)15-7-6-13(9-12(15)3)22-10-14-5-4-8-21-14/h6-7,9,11,14H,4-5,8,10H2,1-3H3,(H,17,18)/t14-/m1/s1. The molecule has 0 radical (unpaired) electrons. The number of nitrogens with one attached hydrogen (secondary N) is 1. The van der Waals surface area contributed by atoms with Crippen LogP contribution in [-0.4, -0.2) is 33.6 Å². The van der Waals surface area contributed by atoms with Gasteiger partial charge in [0.25, 0.3) is 10.0 Å². The van der Waals surface area contributed by atoms with Gasteiger partial charge in [0.2, 0.25) is 5.91 Å². The van der Waals surface area contributed by atoms with Gasteiger partial charge in [-0.2, -0.15) is 0 Å². The van der Waals surface area contributed by atoms with Crippen molar-refractivity contribution in [3.8, 4) is 5.75 Å². The third-order valence-electron chi connectivity index (χ3n) is 3.66. The van der Waals surface area contributed by atoms with Crippen LogP contribution >= 0.6 is 0 Å². The molecule has 128 valence electrons. The van der Waals surface area contributed by atoms with Gasteiger partial charge in [-0.15, -0.1) is 0 Å². The van der Waals surface area contributed by atoms with Crippen LogP contribution in [-0.2, 0) is 19.6 Å². The number of carbonyl (C=O) groups is 1. The largest absolute Gasteiger partial charge is 0.491 e. The summed E-state index contributed by atoms with van der Waals surface area (Å²) >= 11 is 0. The molecule has 0 spiro atoms. The van der Waals surface area contributed by atoms with E-state index < -0.39 is 21.8 Å².